The minimum Gasteiger partial charge on any atom is -0.394 e. The Morgan fingerprint density at radius 3 is 2.36 bits per heavy atom. The number of nitrogens with one attached hydrogen (secondary N) is 2. The summed E-state index contributed by atoms with van der Waals surface area (Å²) in [5.74, 6) is 0. The number of ether oxygens (including phenoxy) is 3. The van der Waals surface area contributed by atoms with Crippen LogP contribution < -0.4 is 10.6 Å². The largest absolute Gasteiger partial charge is 0.394 e. The molecule has 4 atom stereocenters. The fourth-order valence-corrected chi connectivity index (χ4v) is 2.31. The first-order valence-electron chi connectivity index (χ1n) is 7.43. The molecule has 0 aromatic carbocycles. The van der Waals surface area contributed by atoms with Crippen molar-refractivity contribution < 1.29 is 29.5 Å². The van der Waals surface area contributed by atoms with Crippen molar-refractivity contribution in [2.45, 2.75) is 51.1 Å². The van der Waals surface area contributed by atoms with Gasteiger partial charge in [0.15, 0.2) is 17.6 Å². The molecule has 4 unspecified atom stereocenters. The monoisotopic (exact) mass is 338 g/mol. The van der Waals surface area contributed by atoms with Gasteiger partial charge in [-0.25, -0.2) is 0 Å². The van der Waals surface area contributed by atoms with E-state index in [2.05, 4.69) is 10.6 Å². The van der Waals surface area contributed by atoms with Crippen molar-refractivity contribution in [2.24, 2.45) is 0 Å². The highest BCUT2D eigenvalue weighted by Crippen LogP contribution is 2.19. The van der Waals surface area contributed by atoms with Gasteiger partial charge in [0.2, 0.25) is 0 Å². The second-order valence-electron chi connectivity index (χ2n) is 4.79. The molecule has 0 bridgehead atoms. The highest BCUT2D eigenvalue weighted by atomic mass is 32.1. The van der Waals surface area contributed by atoms with Crippen molar-refractivity contribution in [1.82, 2.24) is 10.6 Å². The smallest absolute Gasteiger partial charge is 0.168 e. The highest BCUT2D eigenvalue weighted by molar-refractivity contribution is 7.80. The summed E-state index contributed by atoms with van der Waals surface area (Å²) in [5.41, 5.74) is 0. The van der Waals surface area contributed by atoms with Crippen LogP contribution in [0.25, 0.3) is 0 Å². The van der Waals surface area contributed by atoms with E-state index < -0.39 is 24.5 Å². The van der Waals surface area contributed by atoms with Gasteiger partial charge in [0.25, 0.3) is 0 Å². The maximum atomic E-state index is 9.79. The van der Waals surface area contributed by atoms with E-state index in [1.165, 1.54) is 0 Å². The van der Waals surface area contributed by atoms with Gasteiger partial charge < -0.3 is 40.2 Å². The topological polar surface area (TPSA) is 112 Å². The maximum Gasteiger partial charge on any atom is 0.168 e. The second-order valence-corrected chi connectivity index (χ2v) is 5.20. The van der Waals surface area contributed by atoms with Crippen LogP contribution in [0.4, 0.5) is 0 Å². The predicted octanol–water partition coefficient (Wildman–Crippen LogP) is -1.32. The first-order valence-corrected chi connectivity index (χ1v) is 7.84. The molecule has 5 N–H and O–H groups in total. The fourth-order valence-electron chi connectivity index (χ4n) is 2.09. The van der Waals surface area contributed by atoms with Crippen molar-refractivity contribution in [3.8, 4) is 0 Å². The average molecular weight is 338 g/mol. The second kappa shape index (κ2) is 10.3. The van der Waals surface area contributed by atoms with Crippen molar-refractivity contribution >= 4 is 17.3 Å². The zero-order valence-electron chi connectivity index (χ0n) is 12.9. The molecule has 0 aromatic rings. The van der Waals surface area contributed by atoms with Crippen LogP contribution in [-0.2, 0) is 14.2 Å². The normalized spacial score (nSPS) is 28.1. The summed E-state index contributed by atoms with van der Waals surface area (Å²) in [4.78, 5) is 0. The van der Waals surface area contributed by atoms with Crippen molar-refractivity contribution in [2.75, 3.05) is 26.4 Å². The zero-order chi connectivity index (χ0) is 16.5. The standard InChI is InChI=1S/C13H26N2O6S/c1-3-19-9(20-4-2)5-6-14-13(22)15-12-11(18)10(17)8(7-16)21-12/h8-12,16-18H,3-7H2,1-2H3,(H2,14,15,22). The van der Waals surface area contributed by atoms with Gasteiger partial charge in [0.1, 0.15) is 18.3 Å². The molecule has 0 radical (unpaired) electrons. The Morgan fingerprint density at radius 2 is 1.86 bits per heavy atom. The molecule has 0 spiro atoms. The lowest BCUT2D eigenvalue weighted by atomic mass is 10.1. The molecular weight excluding hydrogens is 312 g/mol. The summed E-state index contributed by atoms with van der Waals surface area (Å²) in [7, 11) is 0. The molecule has 0 aliphatic carbocycles. The predicted molar refractivity (Wildman–Crippen MR) is 83.2 cm³/mol. The average Bonchev–Trinajstić information content (AvgIpc) is 2.75. The minimum atomic E-state index is -1.16. The maximum absolute atomic E-state index is 9.79. The van der Waals surface area contributed by atoms with E-state index in [0.29, 0.717) is 26.2 Å². The Kier molecular flexibility index (Phi) is 9.10. The molecule has 9 heteroatoms. The number of rotatable bonds is 9. The van der Waals surface area contributed by atoms with Gasteiger partial charge in [-0.05, 0) is 26.1 Å². The molecule has 22 heavy (non-hydrogen) atoms. The lowest BCUT2D eigenvalue weighted by Crippen LogP contribution is -2.48. The lowest BCUT2D eigenvalue weighted by Gasteiger charge is -2.20. The summed E-state index contributed by atoms with van der Waals surface area (Å²) in [6.07, 6.45) is -3.67. The Morgan fingerprint density at radius 1 is 1.23 bits per heavy atom. The van der Waals surface area contributed by atoms with Gasteiger partial charge >= 0.3 is 0 Å². The van der Waals surface area contributed by atoms with Gasteiger partial charge in [-0.2, -0.15) is 0 Å². The number of hydrogen-bond donors (Lipinski definition) is 5. The van der Waals surface area contributed by atoms with Crippen LogP contribution in [0.1, 0.15) is 20.3 Å². The fraction of sp³-hybridized carbons (Fsp3) is 0.923. The summed E-state index contributed by atoms with van der Waals surface area (Å²) in [6.45, 7) is 5.07. The van der Waals surface area contributed by atoms with E-state index in [0.717, 1.165) is 0 Å². The summed E-state index contributed by atoms with van der Waals surface area (Å²) >= 11 is 5.10. The van der Waals surface area contributed by atoms with E-state index in [-0.39, 0.29) is 18.0 Å². The molecule has 0 saturated carbocycles. The van der Waals surface area contributed by atoms with Gasteiger partial charge in [0.05, 0.1) is 6.61 Å². The molecule has 1 rings (SSSR count). The minimum absolute atomic E-state index is 0.279. The van der Waals surface area contributed by atoms with Crippen molar-refractivity contribution in [3.05, 3.63) is 0 Å². The van der Waals surface area contributed by atoms with Gasteiger partial charge in [-0.1, -0.05) is 0 Å². The van der Waals surface area contributed by atoms with Crippen LogP contribution in [0.3, 0.4) is 0 Å². The third kappa shape index (κ3) is 5.92. The number of aliphatic hydroxyl groups is 3. The van der Waals surface area contributed by atoms with Gasteiger partial charge in [-0.15, -0.1) is 0 Å². The first-order chi connectivity index (χ1) is 10.5. The third-order valence-corrected chi connectivity index (χ3v) is 3.45. The summed E-state index contributed by atoms with van der Waals surface area (Å²) in [6, 6.07) is 0. The third-order valence-electron chi connectivity index (χ3n) is 3.19. The Labute approximate surface area is 135 Å². The lowest BCUT2D eigenvalue weighted by molar-refractivity contribution is -0.138. The van der Waals surface area contributed by atoms with Crippen LogP contribution in [0.2, 0.25) is 0 Å². The SMILES string of the molecule is CCOC(CCNC(=S)NC1OC(CO)C(O)C1O)OCC. The molecule has 0 amide bonds. The van der Waals surface area contributed by atoms with Crippen molar-refractivity contribution in [3.63, 3.8) is 0 Å². The van der Waals surface area contributed by atoms with Gasteiger partial charge in [0, 0.05) is 26.2 Å². The van der Waals surface area contributed by atoms with Crippen LogP contribution in [0.5, 0.6) is 0 Å². The number of thiocarbonyl (C=S) groups is 1. The quantitative estimate of drug-likeness (QED) is 0.258. The molecular formula is C13H26N2O6S. The Bertz CT molecular complexity index is 330. The first kappa shape index (κ1) is 19.5. The zero-order valence-corrected chi connectivity index (χ0v) is 13.7. The molecule has 1 aliphatic heterocycles. The number of aliphatic hydroxyl groups excluding tert-OH is 3. The van der Waals surface area contributed by atoms with E-state index in [4.69, 9.17) is 31.5 Å². The molecule has 8 nitrogen and oxygen atoms in total. The Balaban J connectivity index is 2.28. The molecule has 130 valence electrons. The van der Waals surface area contributed by atoms with Gasteiger partial charge in [-0.3, -0.25) is 0 Å². The Hall–Kier alpha value is -0.550. The van der Waals surface area contributed by atoms with E-state index in [9.17, 15) is 10.2 Å². The molecule has 1 fully saturated rings. The van der Waals surface area contributed by atoms with Crippen LogP contribution in [0.15, 0.2) is 0 Å². The van der Waals surface area contributed by atoms with Crippen molar-refractivity contribution in [1.29, 1.82) is 0 Å². The van der Waals surface area contributed by atoms with E-state index in [1.54, 1.807) is 0 Å². The molecule has 1 aliphatic rings. The molecule has 1 saturated heterocycles. The van der Waals surface area contributed by atoms with E-state index >= 15 is 0 Å². The summed E-state index contributed by atoms with van der Waals surface area (Å²) < 4.78 is 16.1. The molecule has 1 heterocycles. The van der Waals surface area contributed by atoms with Crippen LogP contribution in [-0.4, -0.2) is 77.6 Å². The summed E-state index contributed by atoms with van der Waals surface area (Å²) in [5, 5.41) is 34.4. The van der Waals surface area contributed by atoms with Crippen LogP contribution in [0, 0.1) is 0 Å². The molecule has 0 aromatic heterocycles. The van der Waals surface area contributed by atoms with E-state index in [1.807, 2.05) is 13.8 Å². The van der Waals surface area contributed by atoms with Crippen LogP contribution >= 0.6 is 12.2 Å². The number of hydrogen-bond acceptors (Lipinski definition) is 7. The highest BCUT2D eigenvalue weighted by Gasteiger charge is 2.42.